The highest BCUT2D eigenvalue weighted by Gasteiger charge is 2.27. The summed E-state index contributed by atoms with van der Waals surface area (Å²) in [6.07, 6.45) is 2.01. The quantitative estimate of drug-likeness (QED) is 0.208. The van der Waals surface area contributed by atoms with Crippen LogP contribution in [-0.2, 0) is 24.4 Å². The third kappa shape index (κ3) is 7.51. The topological polar surface area (TPSA) is 73.2 Å². The van der Waals surface area contributed by atoms with Gasteiger partial charge in [0.15, 0.2) is 0 Å². The van der Waals surface area contributed by atoms with Crippen molar-refractivity contribution in [2.45, 2.75) is 39.5 Å². The minimum atomic E-state index is -0.279. The first-order valence-corrected chi connectivity index (χ1v) is 13.9. The van der Waals surface area contributed by atoms with Gasteiger partial charge in [0, 0.05) is 37.1 Å². The van der Waals surface area contributed by atoms with Crippen LogP contribution < -0.4 is 14.2 Å². The van der Waals surface area contributed by atoms with Gasteiger partial charge in [0.1, 0.15) is 23.8 Å². The van der Waals surface area contributed by atoms with E-state index in [1.54, 1.807) is 42.2 Å². The Morgan fingerprint density at radius 3 is 2.17 bits per heavy atom. The van der Waals surface area contributed by atoms with Crippen LogP contribution >= 0.6 is 0 Å². The molecule has 0 saturated heterocycles. The molecule has 8 nitrogen and oxygen atoms in total. The van der Waals surface area contributed by atoms with Crippen molar-refractivity contribution in [2.75, 3.05) is 27.9 Å². The Kier molecular flexibility index (Phi) is 10.3. The largest absolute Gasteiger partial charge is 0.497 e. The van der Waals surface area contributed by atoms with E-state index in [1.165, 1.54) is 7.11 Å². The molecule has 1 aromatic heterocycles. The van der Waals surface area contributed by atoms with Crippen LogP contribution in [-0.4, -0.2) is 60.1 Å². The van der Waals surface area contributed by atoms with E-state index in [2.05, 4.69) is 10.6 Å². The van der Waals surface area contributed by atoms with Gasteiger partial charge in [-0.15, -0.1) is 0 Å². The minimum absolute atomic E-state index is 0.0743. The van der Waals surface area contributed by atoms with E-state index < -0.39 is 0 Å². The lowest BCUT2D eigenvalue weighted by Crippen LogP contribution is -2.45. The van der Waals surface area contributed by atoms with Gasteiger partial charge in [-0.3, -0.25) is 9.59 Å². The second-order valence-corrected chi connectivity index (χ2v) is 10.3. The predicted octanol–water partition coefficient (Wildman–Crippen LogP) is 5.64. The maximum Gasteiger partial charge on any atom is 0.258 e. The fraction of sp³-hybridized carbons (Fsp3) is 0.294. The van der Waals surface area contributed by atoms with Gasteiger partial charge in [-0.05, 0) is 61.4 Å². The van der Waals surface area contributed by atoms with Gasteiger partial charge in [0.2, 0.25) is 5.91 Å². The zero-order valence-corrected chi connectivity index (χ0v) is 24.9. The summed E-state index contributed by atoms with van der Waals surface area (Å²) in [6.45, 7) is 5.17. The van der Waals surface area contributed by atoms with Crippen molar-refractivity contribution in [1.29, 1.82) is 0 Å². The molecular weight excluding hydrogens is 530 g/mol. The van der Waals surface area contributed by atoms with Gasteiger partial charge in [0.05, 0.1) is 33.4 Å². The number of amides is 2. The molecule has 1 heterocycles. The molecule has 4 aromatic rings. The minimum Gasteiger partial charge on any atom is -0.497 e. The molecule has 2 amide bonds. The number of methoxy groups -OCH3 is 3. The smallest absolute Gasteiger partial charge is 0.258 e. The number of benzene rings is 3. The highest BCUT2D eigenvalue weighted by molar-refractivity contribution is 5.99. The van der Waals surface area contributed by atoms with Crippen LogP contribution in [0.15, 0.2) is 91.1 Å². The first kappa shape index (κ1) is 30.2. The Hall–Kier alpha value is -4.72. The van der Waals surface area contributed by atoms with E-state index in [9.17, 15) is 9.59 Å². The molecule has 0 N–H and O–H groups in total. The molecule has 0 atom stereocenters. The molecule has 42 heavy (non-hydrogen) atoms. The van der Waals surface area contributed by atoms with Crippen LogP contribution in [0.25, 0.3) is 0 Å². The second kappa shape index (κ2) is 14.3. The van der Waals surface area contributed by atoms with Gasteiger partial charge < -0.3 is 28.6 Å². The van der Waals surface area contributed by atoms with Crippen molar-refractivity contribution in [1.82, 2.24) is 14.4 Å². The molecular formula is C34H39N3O5. The van der Waals surface area contributed by atoms with Crippen molar-refractivity contribution in [3.63, 3.8) is 0 Å². The zero-order valence-electron chi connectivity index (χ0n) is 24.9. The van der Waals surface area contributed by atoms with Crippen LogP contribution in [0, 0.1) is 0 Å². The molecule has 0 aliphatic heterocycles. The molecule has 0 bridgehead atoms. The summed E-state index contributed by atoms with van der Waals surface area (Å²) in [5.74, 6) is 1.35. The van der Waals surface area contributed by atoms with Crippen molar-refractivity contribution < 1.29 is 23.8 Å². The lowest BCUT2D eigenvalue weighted by atomic mass is 10.1. The zero-order chi connectivity index (χ0) is 30.1. The summed E-state index contributed by atoms with van der Waals surface area (Å²) in [5, 5.41) is 0. The monoisotopic (exact) mass is 569 g/mol. The van der Waals surface area contributed by atoms with Crippen LogP contribution in [0.4, 0.5) is 0 Å². The van der Waals surface area contributed by atoms with Crippen molar-refractivity contribution in [2.24, 2.45) is 0 Å². The number of aromatic nitrogens is 1. The van der Waals surface area contributed by atoms with Crippen LogP contribution in [0.5, 0.6) is 17.2 Å². The molecule has 0 aliphatic rings. The third-order valence-electron chi connectivity index (χ3n) is 7.16. The Labute approximate surface area is 248 Å². The molecule has 3 aromatic carbocycles. The third-order valence-corrected chi connectivity index (χ3v) is 7.16. The number of ether oxygens (including phenoxy) is 3. The van der Waals surface area contributed by atoms with E-state index in [4.69, 9.17) is 14.2 Å². The number of hydrogen-bond donors (Lipinski definition) is 0. The van der Waals surface area contributed by atoms with Crippen molar-refractivity contribution in [3.05, 3.63) is 114 Å². The second-order valence-electron chi connectivity index (χ2n) is 10.3. The fourth-order valence-corrected chi connectivity index (χ4v) is 4.81. The van der Waals surface area contributed by atoms with E-state index in [-0.39, 0.29) is 24.4 Å². The van der Waals surface area contributed by atoms with Crippen LogP contribution in [0.2, 0.25) is 0 Å². The highest BCUT2D eigenvalue weighted by atomic mass is 16.5. The van der Waals surface area contributed by atoms with Gasteiger partial charge in [0.25, 0.3) is 5.91 Å². The first-order valence-electron chi connectivity index (χ1n) is 13.9. The summed E-state index contributed by atoms with van der Waals surface area (Å²) in [6, 6.07) is 26.7. The number of carbonyl (C=O) groups excluding carboxylic acids is 2. The summed E-state index contributed by atoms with van der Waals surface area (Å²) >= 11 is 0. The Balaban J connectivity index is 1.59. The van der Waals surface area contributed by atoms with Crippen molar-refractivity contribution in [3.8, 4) is 17.2 Å². The number of rotatable bonds is 13. The maximum atomic E-state index is 14.0. The summed E-state index contributed by atoms with van der Waals surface area (Å²) in [5.41, 5.74) is 3.47. The maximum absolute atomic E-state index is 14.0. The average Bonchev–Trinajstić information content (AvgIpc) is 3.45. The molecule has 0 spiro atoms. The average molecular weight is 570 g/mol. The highest BCUT2D eigenvalue weighted by Crippen LogP contribution is 2.26. The molecule has 4 rings (SSSR count). The molecule has 0 fully saturated rings. The molecule has 0 aliphatic carbocycles. The number of hydrogen-bond acceptors (Lipinski definition) is 5. The number of carbonyl (C=O) groups is 2. The molecule has 220 valence electrons. The normalized spacial score (nSPS) is 10.8. The van der Waals surface area contributed by atoms with Crippen LogP contribution in [0.3, 0.4) is 0 Å². The standard InChI is InChI=1S/C34H39N3O5/c1-25(2)37(34(39)31-17-16-30(41-4)20-32(31)42-5)24-33(38)36(21-26-11-7-6-8-12-26)23-28-14-10-18-35(28)22-27-13-9-15-29(19-27)40-3/h6-20,25H,21-24H2,1-5H3. The van der Waals surface area contributed by atoms with Gasteiger partial charge in [-0.25, -0.2) is 0 Å². The van der Waals surface area contributed by atoms with E-state index in [0.717, 1.165) is 22.6 Å². The molecule has 8 heteroatoms. The summed E-state index contributed by atoms with van der Waals surface area (Å²) < 4.78 is 18.3. The lowest BCUT2D eigenvalue weighted by Gasteiger charge is -2.31. The van der Waals surface area contributed by atoms with E-state index in [0.29, 0.717) is 36.7 Å². The van der Waals surface area contributed by atoms with E-state index in [1.807, 2.05) is 80.7 Å². The van der Waals surface area contributed by atoms with Gasteiger partial charge in [-0.2, -0.15) is 0 Å². The van der Waals surface area contributed by atoms with Crippen LogP contribution in [0.1, 0.15) is 41.0 Å². The lowest BCUT2D eigenvalue weighted by molar-refractivity contribution is -0.133. The molecule has 0 unspecified atom stereocenters. The molecule has 0 radical (unpaired) electrons. The van der Waals surface area contributed by atoms with Gasteiger partial charge in [-0.1, -0.05) is 42.5 Å². The fourth-order valence-electron chi connectivity index (χ4n) is 4.81. The Morgan fingerprint density at radius 1 is 0.762 bits per heavy atom. The summed E-state index contributed by atoms with van der Waals surface area (Å²) in [7, 11) is 4.73. The Bertz CT molecular complexity index is 1480. The molecule has 0 saturated carbocycles. The Morgan fingerprint density at radius 2 is 1.48 bits per heavy atom. The number of nitrogens with zero attached hydrogens (tertiary/aromatic N) is 3. The first-order chi connectivity index (χ1) is 20.3. The SMILES string of the molecule is COc1cccc(Cn2cccc2CN(Cc2ccccc2)C(=O)CN(C(=O)c2ccc(OC)cc2OC)C(C)C)c1. The van der Waals surface area contributed by atoms with Gasteiger partial charge >= 0.3 is 0 Å². The van der Waals surface area contributed by atoms with E-state index >= 15 is 0 Å². The summed E-state index contributed by atoms with van der Waals surface area (Å²) in [4.78, 5) is 31.1. The predicted molar refractivity (Wildman–Crippen MR) is 163 cm³/mol. The van der Waals surface area contributed by atoms with Crippen molar-refractivity contribution >= 4 is 11.8 Å².